The lowest BCUT2D eigenvalue weighted by Crippen LogP contribution is -2.47. The van der Waals surface area contributed by atoms with Crippen LogP contribution in [0.3, 0.4) is 0 Å². The Bertz CT molecular complexity index is 843. The van der Waals surface area contributed by atoms with Gasteiger partial charge in [0.15, 0.2) is 0 Å². The van der Waals surface area contributed by atoms with Gasteiger partial charge < -0.3 is 20.4 Å². The molecular weight excluding hydrogens is 406 g/mol. The van der Waals surface area contributed by atoms with Gasteiger partial charge in [0.05, 0.1) is 12.2 Å². The van der Waals surface area contributed by atoms with E-state index in [-0.39, 0.29) is 5.91 Å². The fraction of sp³-hybridized carbons (Fsp3) is 0.286. The van der Waals surface area contributed by atoms with Gasteiger partial charge in [-0.3, -0.25) is 9.69 Å². The summed E-state index contributed by atoms with van der Waals surface area (Å²) in [6, 6.07) is 18.2. The Kier molecular flexibility index (Phi) is 9.33. The molecule has 8 nitrogen and oxygen atoms in total. The molecule has 9 heteroatoms. The molecule has 1 aliphatic heterocycles. The minimum absolute atomic E-state index is 0.0562. The molecule has 3 N–H and O–H groups in total. The number of hydrogen-bond acceptors (Lipinski definition) is 6. The summed E-state index contributed by atoms with van der Waals surface area (Å²) in [5.74, 6) is -3.59. The number of benzene rings is 2. The van der Waals surface area contributed by atoms with Crippen LogP contribution in [-0.2, 0) is 14.4 Å². The monoisotopic (exact) mass is 431 g/mol. The van der Waals surface area contributed by atoms with Gasteiger partial charge in [0.25, 0.3) is 0 Å². The van der Waals surface area contributed by atoms with Crippen LogP contribution in [-0.4, -0.2) is 77.6 Å². The molecule has 1 heterocycles. The number of carboxylic acid groups (broad SMARTS) is 2. The van der Waals surface area contributed by atoms with E-state index in [1.807, 2.05) is 42.5 Å². The smallest absolute Gasteiger partial charge is 0.414 e. The predicted molar refractivity (Wildman–Crippen MR) is 115 cm³/mol. The number of aliphatic carboxylic acids is 2. The molecule has 3 rings (SSSR count). The Morgan fingerprint density at radius 2 is 1.47 bits per heavy atom. The number of nitrogens with zero attached hydrogens (tertiary/aromatic N) is 2. The van der Waals surface area contributed by atoms with Crippen LogP contribution in [0.15, 0.2) is 64.4 Å². The molecule has 1 fully saturated rings. The normalized spacial score (nSPS) is 14.3. The molecule has 0 saturated carbocycles. The molecule has 0 spiro atoms. The van der Waals surface area contributed by atoms with Gasteiger partial charge in [-0.1, -0.05) is 42.1 Å². The lowest BCUT2D eigenvalue weighted by atomic mass is 10.3. The minimum Gasteiger partial charge on any atom is -0.473 e. The van der Waals surface area contributed by atoms with Crippen LogP contribution in [0.1, 0.15) is 0 Å². The van der Waals surface area contributed by atoms with Crippen molar-refractivity contribution >= 4 is 35.3 Å². The van der Waals surface area contributed by atoms with E-state index in [0.29, 0.717) is 6.54 Å². The Morgan fingerprint density at radius 1 is 0.900 bits per heavy atom. The van der Waals surface area contributed by atoms with E-state index in [1.54, 1.807) is 11.8 Å². The van der Waals surface area contributed by atoms with Crippen LogP contribution in [0, 0.1) is 0 Å². The second-order valence-corrected chi connectivity index (χ2v) is 7.76. The molecule has 2 aromatic carbocycles. The van der Waals surface area contributed by atoms with Crippen molar-refractivity contribution in [3.63, 3.8) is 0 Å². The molecular formula is C21H25N3O5S. The third kappa shape index (κ3) is 8.24. The maximum Gasteiger partial charge on any atom is 0.414 e. The quantitative estimate of drug-likeness (QED) is 0.618. The molecule has 0 aromatic heterocycles. The second-order valence-electron chi connectivity index (χ2n) is 6.65. The number of anilines is 1. The number of piperazine rings is 1. The predicted octanol–water partition coefficient (Wildman–Crippen LogP) is 2.18. The van der Waals surface area contributed by atoms with Crippen molar-refractivity contribution in [3.8, 4) is 0 Å². The van der Waals surface area contributed by atoms with Crippen molar-refractivity contribution in [2.45, 2.75) is 9.79 Å². The molecule has 1 saturated heterocycles. The standard InChI is InChI=1S/C19H23N3OS.C2H2O4/c1-21-11-13-22(14-12-21)15-19(23)20-17-9-5-6-10-18(17)24-16-7-3-2-4-8-16;3-1(4)2(5)6/h2-10H,11-15H2,1H3,(H,20,23);(H,3,4)(H,5,6). The Hall–Kier alpha value is -2.88. The third-order valence-corrected chi connectivity index (χ3v) is 5.36. The number of nitrogens with one attached hydrogen (secondary N) is 1. The summed E-state index contributed by atoms with van der Waals surface area (Å²) in [5, 5.41) is 17.9. The first kappa shape index (κ1) is 23.4. The third-order valence-electron chi connectivity index (χ3n) is 4.28. The van der Waals surface area contributed by atoms with E-state index < -0.39 is 11.9 Å². The zero-order valence-corrected chi connectivity index (χ0v) is 17.5. The summed E-state index contributed by atoms with van der Waals surface area (Å²) in [6.07, 6.45) is 0. The topological polar surface area (TPSA) is 110 Å². The lowest BCUT2D eigenvalue weighted by molar-refractivity contribution is -0.159. The van der Waals surface area contributed by atoms with Gasteiger partial charge in [-0.05, 0) is 31.3 Å². The SMILES string of the molecule is CN1CCN(CC(=O)Nc2ccccc2Sc2ccccc2)CC1.O=C(O)C(=O)O. The summed E-state index contributed by atoms with van der Waals surface area (Å²) in [7, 11) is 2.12. The molecule has 30 heavy (non-hydrogen) atoms. The lowest BCUT2D eigenvalue weighted by Gasteiger charge is -2.31. The Balaban J connectivity index is 0.000000469. The average molecular weight is 432 g/mol. The summed E-state index contributed by atoms with van der Waals surface area (Å²) in [4.78, 5) is 37.3. The molecule has 0 atom stereocenters. The zero-order chi connectivity index (χ0) is 21.9. The molecule has 160 valence electrons. The summed E-state index contributed by atoms with van der Waals surface area (Å²) >= 11 is 1.67. The van der Waals surface area contributed by atoms with Crippen molar-refractivity contribution in [1.29, 1.82) is 0 Å². The van der Waals surface area contributed by atoms with Crippen molar-refractivity contribution in [2.24, 2.45) is 0 Å². The highest BCUT2D eigenvalue weighted by atomic mass is 32.2. The van der Waals surface area contributed by atoms with E-state index in [9.17, 15) is 4.79 Å². The van der Waals surface area contributed by atoms with Crippen molar-refractivity contribution in [2.75, 3.05) is 45.1 Å². The molecule has 0 unspecified atom stereocenters. The second kappa shape index (κ2) is 12.0. The van der Waals surface area contributed by atoms with E-state index in [1.165, 1.54) is 4.90 Å². The number of rotatable bonds is 5. The highest BCUT2D eigenvalue weighted by Crippen LogP contribution is 2.33. The van der Waals surface area contributed by atoms with Gasteiger partial charge in [0.2, 0.25) is 5.91 Å². The maximum absolute atomic E-state index is 12.4. The molecule has 2 aromatic rings. The summed E-state index contributed by atoms with van der Waals surface area (Å²) < 4.78 is 0. The fourth-order valence-corrected chi connectivity index (χ4v) is 3.60. The fourth-order valence-electron chi connectivity index (χ4n) is 2.67. The number of likely N-dealkylation sites (N-methyl/N-ethyl adjacent to an activating group) is 1. The van der Waals surface area contributed by atoms with Crippen LogP contribution in [0.25, 0.3) is 0 Å². The van der Waals surface area contributed by atoms with Crippen LogP contribution in [0.4, 0.5) is 5.69 Å². The van der Waals surface area contributed by atoms with Gasteiger partial charge in [0, 0.05) is 36.0 Å². The molecule has 0 radical (unpaired) electrons. The van der Waals surface area contributed by atoms with Gasteiger partial charge in [-0.25, -0.2) is 9.59 Å². The van der Waals surface area contributed by atoms with Gasteiger partial charge >= 0.3 is 11.9 Å². The molecule has 0 aliphatic carbocycles. The van der Waals surface area contributed by atoms with Crippen molar-refractivity contribution in [3.05, 3.63) is 54.6 Å². The Morgan fingerprint density at radius 3 is 2.07 bits per heavy atom. The number of carbonyl (C=O) groups is 3. The van der Waals surface area contributed by atoms with E-state index in [4.69, 9.17) is 19.8 Å². The largest absolute Gasteiger partial charge is 0.473 e. The number of carbonyl (C=O) groups excluding carboxylic acids is 1. The van der Waals surface area contributed by atoms with Crippen LogP contribution in [0.5, 0.6) is 0 Å². The van der Waals surface area contributed by atoms with Gasteiger partial charge in [-0.2, -0.15) is 0 Å². The molecule has 1 amide bonds. The van der Waals surface area contributed by atoms with E-state index in [0.717, 1.165) is 36.8 Å². The van der Waals surface area contributed by atoms with Gasteiger partial charge in [-0.15, -0.1) is 0 Å². The zero-order valence-electron chi connectivity index (χ0n) is 16.7. The van der Waals surface area contributed by atoms with E-state index in [2.05, 4.69) is 34.3 Å². The van der Waals surface area contributed by atoms with Gasteiger partial charge in [0.1, 0.15) is 0 Å². The molecule has 1 aliphatic rings. The highest BCUT2D eigenvalue weighted by molar-refractivity contribution is 7.99. The van der Waals surface area contributed by atoms with Crippen LogP contribution in [0.2, 0.25) is 0 Å². The number of carboxylic acids is 2. The van der Waals surface area contributed by atoms with E-state index >= 15 is 0 Å². The summed E-state index contributed by atoms with van der Waals surface area (Å²) in [6.45, 7) is 4.40. The first-order valence-electron chi connectivity index (χ1n) is 9.34. The van der Waals surface area contributed by atoms with Crippen molar-refractivity contribution in [1.82, 2.24) is 9.80 Å². The maximum atomic E-state index is 12.4. The number of amides is 1. The van der Waals surface area contributed by atoms with Crippen molar-refractivity contribution < 1.29 is 24.6 Å². The number of hydrogen-bond donors (Lipinski definition) is 3. The van der Waals surface area contributed by atoms with Crippen LogP contribution < -0.4 is 5.32 Å². The number of para-hydroxylation sites is 1. The van der Waals surface area contributed by atoms with Crippen LogP contribution >= 0.6 is 11.8 Å². The first-order valence-corrected chi connectivity index (χ1v) is 10.2. The molecule has 0 bridgehead atoms. The minimum atomic E-state index is -1.82. The highest BCUT2D eigenvalue weighted by Gasteiger charge is 2.17. The average Bonchev–Trinajstić information content (AvgIpc) is 2.72. The first-order chi connectivity index (χ1) is 14.3. The summed E-state index contributed by atoms with van der Waals surface area (Å²) in [5.41, 5.74) is 0.880. The Labute approximate surface area is 179 Å².